The van der Waals surface area contributed by atoms with Crippen molar-refractivity contribution in [3.05, 3.63) is 35.4 Å². The average molecular weight is 287 g/mol. The van der Waals surface area contributed by atoms with Crippen molar-refractivity contribution < 1.29 is 0 Å². The zero-order valence-electron chi connectivity index (χ0n) is 14.4. The van der Waals surface area contributed by atoms with Crippen LogP contribution >= 0.6 is 0 Å². The molecule has 0 heterocycles. The highest BCUT2D eigenvalue weighted by molar-refractivity contribution is 5.30. The van der Waals surface area contributed by atoms with E-state index >= 15 is 0 Å². The summed E-state index contributed by atoms with van der Waals surface area (Å²) in [6.07, 6.45) is 6.51. The van der Waals surface area contributed by atoms with E-state index < -0.39 is 0 Å². The second-order valence-corrected chi connectivity index (χ2v) is 7.16. The largest absolute Gasteiger partial charge is 0.310 e. The number of rotatable bonds is 6. The Morgan fingerprint density at radius 3 is 2.33 bits per heavy atom. The molecule has 0 radical (unpaired) electrons. The smallest absolute Gasteiger partial charge is 0.0351 e. The first-order chi connectivity index (χ1) is 10.2. The van der Waals surface area contributed by atoms with Crippen molar-refractivity contribution in [3.8, 4) is 0 Å². The van der Waals surface area contributed by atoms with Crippen molar-refractivity contribution in [3.63, 3.8) is 0 Å². The van der Waals surface area contributed by atoms with Gasteiger partial charge < -0.3 is 5.32 Å². The van der Waals surface area contributed by atoms with Crippen LogP contribution in [0.3, 0.4) is 0 Å². The quantitative estimate of drug-likeness (QED) is 0.742. The molecule has 3 unspecified atom stereocenters. The number of benzene rings is 1. The fraction of sp³-hybridized carbons (Fsp3) is 0.700. The van der Waals surface area contributed by atoms with E-state index in [9.17, 15) is 0 Å². The molecule has 0 bridgehead atoms. The Morgan fingerprint density at radius 2 is 1.71 bits per heavy atom. The SMILES string of the molecule is CCCNC(c1ccccc1CC)C1CC(C)CC(C)C1. The van der Waals surface area contributed by atoms with Crippen molar-refractivity contribution in [1.82, 2.24) is 5.32 Å². The lowest BCUT2D eigenvalue weighted by Gasteiger charge is -2.38. The van der Waals surface area contributed by atoms with Crippen LogP contribution in [0.25, 0.3) is 0 Å². The summed E-state index contributed by atoms with van der Waals surface area (Å²) in [6, 6.07) is 9.61. The summed E-state index contributed by atoms with van der Waals surface area (Å²) in [5.41, 5.74) is 3.08. The molecule has 1 aliphatic rings. The number of hydrogen-bond acceptors (Lipinski definition) is 1. The predicted octanol–water partition coefficient (Wildman–Crippen LogP) is 5.36. The minimum absolute atomic E-state index is 0.548. The van der Waals surface area contributed by atoms with Gasteiger partial charge in [-0.25, -0.2) is 0 Å². The standard InChI is InChI=1S/C20H33N/c1-5-11-21-20(18-13-15(3)12-16(4)14-18)19-10-8-7-9-17(19)6-2/h7-10,15-16,18,20-21H,5-6,11-14H2,1-4H3. The van der Waals surface area contributed by atoms with E-state index in [4.69, 9.17) is 0 Å². The van der Waals surface area contributed by atoms with Gasteiger partial charge in [0.1, 0.15) is 0 Å². The van der Waals surface area contributed by atoms with Gasteiger partial charge in [-0.3, -0.25) is 0 Å². The number of hydrogen-bond donors (Lipinski definition) is 1. The van der Waals surface area contributed by atoms with Gasteiger partial charge in [0.05, 0.1) is 0 Å². The minimum Gasteiger partial charge on any atom is -0.310 e. The first-order valence-corrected chi connectivity index (χ1v) is 8.96. The molecule has 1 fully saturated rings. The average Bonchev–Trinajstić information content (AvgIpc) is 2.47. The van der Waals surface area contributed by atoms with E-state index in [0.29, 0.717) is 6.04 Å². The molecular formula is C20H33N. The third-order valence-corrected chi connectivity index (χ3v) is 5.07. The molecule has 1 heteroatoms. The maximum atomic E-state index is 3.87. The Morgan fingerprint density at radius 1 is 1.05 bits per heavy atom. The first kappa shape index (κ1) is 16.5. The Kier molecular flexibility index (Phi) is 6.29. The Balaban J connectivity index is 2.24. The summed E-state index contributed by atoms with van der Waals surface area (Å²) in [7, 11) is 0. The van der Waals surface area contributed by atoms with Crippen LogP contribution in [0.4, 0.5) is 0 Å². The van der Waals surface area contributed by atoms with Crippen LogP contribution in [0, 0.1) is 17.8 Å². The summed E-state index contributed by atoms with van der Waals surface area (Å²) in [5.74, 6) is 2.54. The lowest BCUT2D eigenvalue weighted by molar-refractivity contribution is 0.176. The van der Waals surface area contributed by atoms with Crippen molar-refractivity contribution in [2.24, 2.45) is 17.8 Å². The molecule has 1 aliphatic carbocycles. The second kappa shape index (κ2) is 7.98. The lowest BCUT2D eigenvalue weighted by Crippen LogP contribution is -2.34. The van der Waals surface area contributed by atoms with Crippen LogP contribution < -0.4 is 5.32 Å². The van der Waals surface area contributed by atoms with E-state index in [-0.39, 0.29) is 0 Å². The molecule has 3 atom stereocenters. The van der Waals surface area contributed by atoms with Gasteiger partial charge in [-0.1, -0.05) is 52.0 Å². The highest BCUT2D eigenvalue weighted by Crippen LogP contribution is 2.40. The zero-order valence-corrected chi connectivity index (χ0v) is 14.4. The van der Waals surface area contributed by atoms with Gasteiger partial charge in [0.2, 0.25) is 0 Å². The van der Waals surface area contributed by atoms with E-state index in [0.717, 1.165) is 30.7 Å². The molecule has 0 spiro atoms. The zero-order chi connectivity index (χ0) is 15.2. The number of aryl methyl sites for hydroxylation is 1. The molecule has 1 aromatic carbocycles. The Hall–Kier alpha value is -0.820. The van der Waals surface area contributed by atoms with Crippen LogP contribution in [-0.4, -0.2) is 6.54 Å². The van der Waals surface area contributed by atoms with Gasteiger partial charge in [0.15, 0.2) is 0 Å². The monoisotopic (exact) mass is 287 g/mol. The third-order valence-electron chi connectivity index (χ3n) is 5.07. The Labute approximate surface area is 131 Å². The van der Waals surface area contributed by atoms with E-state index in [1.165, 1.54) is 31.2 Å². The number of nitrogens with one attached hydrogen (secondary N) is 1. The summed E-state index contributed by atoms with van der Waals surface area (Å²) in [5, 5.41) is 3.87. The first-order valence-electron chi connectivity index (χ1n) is 8.96. The van der Waals surface area contributed by atoms with Crippen LogP contribution in [0.2, 0.25) is 0 Å². The van der Waals surface area contributed by atoms with Crippen LogP contribution in [-0.2, 0) is 6.42 Å². The van der Waals surface area contributed by atoms with Crippen LogP contribution in [0.1, 0.15) is 70.5 Å². The minimum atomic E-state index is 0.548. The summed E-state index contributed by atoms with van der Waals surface area (Å²) in [6.45, 7) is 10.5. The molecule has 0 aromatic heterocycles. The van der Waals surface area contributed by atoms with Crippen molar-refractivity contribution in [1.29, 1.82) is 0 Å². The van der Waals surface area contributed by atoms with Gasteiger partial charge in [-0.05, 0) is 67.5 Å². The summed E-state index contributed by atoms with van der Waals surface area (Å²) in [4.78, 5) is 0. The van der Waals surface area contributed by atoms with Crippen molar-refractivity contribution in [2.75, 3.05) is 6.54 Å². The Bertz CT molecular complexity index is 416. The molecule has 1 N–H and O–H groups in total. The maximum Gasteiger partial charge on any atom is 0.0351 e. The summed E-state index contributed by atoms with van der Waals surface area (Å²) >= 11 is 0. The fourth-order valence-corrected chi connectivity index (χ4v) is 4.27. The highest BCUT2D eigenvalue weighted by Gasteiger charge is 2.31. The van der Waals surface area contributed by atoms with Gasteiger partial charge in [-0.2, -0.15) is 0 Å². The molecular weight excluding hydrogens is 254 g/mol. The van der Waals surface area contributed by atoms with E-state index in [1.54, 1.807) is 5.56 Å². The molecule has 2 rings (SSSR count). The van der Waals surface area contributed by atoms with E-state index in [1.807, 2.05) is 0 Å². The fourth-order valence-electron chi connectivity index (χ4n) is 4.27. The molecule has 1 aromatic rings. The second-order valence-electron chi connectivity index (χ2n) is 7.16. The van der Waals surface area contributed by atoms with Gasteiger partial charge in [-0.15, -0.1) is 0 Å². The molecule has 21 heavy (non-hydrogen) atoms. The normalized spacial score (nSPS) is 27.5. The molecule has 1 saturated carbocycles. The highest BCUT2D eigenvalue weighted by atomic mass is 14.9. The van der Waals surface area contributed by atoms with Crippen molar-refractivity contribution in [2.45, 2.75) is 65.8 Å². The van der Waals surface area contributed by atoms with Gasteiger partial charge in [0.25, 0.3) is 0 Å². The topological polar surface area (TPSA) is 12.0 Å². The van der Waals surface area contributed by atoms with Crippen LogP contribution in [0.5, 0.6) is 0 Å². The van der Waals surface area contributed by atoms with Crippen molar-refractivity contribution >= 4 is 0 Å². The predicted molar refractivity (Wildman–Crippen MR) is 92.5 cm³/mol. The van der Waals surface area contributed by atoms with E-state index in [2.05, 4.69) is 57.3 Å². The maximum absolute atomic E-state index is 3.87. The van der Waals surface area contributed by atoms with Gasteiger partial charge in [0, 0.05) is 6.04 Å². The lowest BCUT2D eigenvalue weighted by atomic mass is 9.72. The van der Waals surface area contributed by atoms with Gasteiger partial charge >= 0.3 is 0 Å². The van der Waals surface area contributed by atoms with Crippen LogP contribution in [0.15, 0.2) is 24.3 Å². The molecule has 0 saturated heterocycles. The third kappa shape index (κ3) is 4.32. The molecule has 1 nitrogen and oxygen atoms in total. The molecule has 0 amide bonds. The molecule has 118 valence electrons. The molecule has 0 aliphatic heterocycles. The summed E-state index contributed by atoms with van der Waals surface area (Å²) < 4.78 is 0.